The van der Waals surface area contributed by atoms with Gasteiger partial charge in [0.15, 0.2) is 0 Å². The van der Waals surface area contributed by atoms with Crippen LogP contribution in [-0.4, -0.2) is 21.3 Å². The summed E-state index contributed by atoms with van der Waals surface area (Å²) < 4.78 is 4.26. The van der Waals surface area contributed by atoms with E-state index in [1.54, 1.807) is 0 Å². The lowest BCUT2D eigenvalue weighted by atomic mass is 10.2. The van der Waals surface area contributed by atoms with Crippen LogP contribution in [0.15, 0.2) is 0 Å². The summed E-state index contributed by atoms with van der Waals surface area (Å²) in [5.41, 5.74) is 0. The van der Waals surface area contributed by atoms with Gasteiger partial charge >= 0.3 is 0 Å². The maximum absolute atomic E-state index is 5.78. The molecule has 5 heteroatoms. The highest BCUT2D eigenvalue weighted by molar-refractivity contribution is 7.09. The van der Waals surface area contributed by atoms with Crippen molar-refractivity contribution in [3.8, 4) is 0 Å². The fraction of sp³-hybridized carbons (Fsp3) is 0.778. The van der Waals surface area contributed by atoms with E-state index < -0.39 is 0 Å². The fourth-order valence-electron chi connectivity index (χ4n) is 0.952. The van der Waals surface area contributed by atoms with Crippen molar-refractivity contribution in [3.63, 3.8) is 0 Å². The smallest absolute Gasteiger partial charge is 0.202 e. The zero-order chi connectivity index (χ0) is 10.6. The monoisotopic (exact) mass is 233 g/mol. The van der Waals surface area contributed by atoms with Crippen molar-refractivity contribution in [1.82, 2.24) is 9.36 Å². The van der Waals surface area contributed by atoms with Crippen molar-refractivity contribution in [3.05, 3.63) is 5.82 Å². The molecule has 0 saturated heterocycles. The van der Waals surface area contributed by atoms with Gasteiger partial charge in [-0.25, -0.2) is 4.98 Å². The molecule has 0 aliphatic heterocycles. The highest BCUT2D eigenvalue weighted by Gasteiger charge is 2.10. The Balaban J connectivity index is 2.58. The van der Waals surface area contributed by atoms with Crippen molar-refractivity contribution in [1.29, 1.82) is 0 Å². The number of halogens is 1. The molecular formula is C9H16ClN3S. The van der Waals surface area contributed by atoms with Crippen LogP contribution in [0.2, 0.25) is 0 Å². The minimum absolute atomic E-state index is 0.296. The molecule has 14 heavy (non-hydrogen) atoms. The molecule has 1 atom stereocenters. The van der Waals surface area contributed by atoms with Crippen molar-refractivity contribution >= 4 is 28.3 Å². The van der Waals surface area contributed by atoms with Gasteiger partial charge in [-0.05, 0) is 6.42 Å². The Bertz CT molecular complexity index is 271. The quantitative estimate of drug-likeness (QED) is 0.795. The molecule has 0 saturated carbocycles. The Morgan fingerprint density at radius 3 is 2.64 bits per heavy atom. The number of rotatable bonds is 5. The number of aromatic nitrogens is 2. The Morgan fingerprint density at radius 1 is 1.50 bits per heavy atom. The van der Waals surface area contributed by atoms with Gasteiger partial charge in [0.2, 0.25) is 5.13 Å². The van der Waals surface area contributed by atoms with E-state index in [1.165, 1.54) is 11.5 Å². The van der Waals surface area contributed by atoms with E-state index in [2.05, 4.69) is 35.4 Å². The second-order valence-corrected chi connectivity index (χ2v) is 4.58. The third-order valence-corrected chi connectivity index (χ3v) is 3.00. The van der Waals surface area contributed by atoms with Gasteiger partial charge in [0.05, 0.1) is 0 Å². The lowest BCUT2D eigenvalue weighted by Gasteiger charge is -2.11. The molecule has 0 spiro atoms. The molecule has 0 aliphatic carbocycles. The second-order valence-electron chi connectivity index (χ2n) is 3.52. The van der Waals surface area contributed by atoms with E-state index in [-0.39, 0.29) is 0 Å². The van der Waals surface area contributed by atoms with Gasteiger partial charge in [-0.1, -0.05) is 20.8 Å². The predicted molar refractivity (Wildman–Crippen MR) is 62.4 cm³/mol. The fourth-order valence-corrected chi connectivity index (χ4v) is 2.03. The van der Waals surface area contributed by atoms with Gasteiger partial charge in [0.1, 0.15) is 5.82 Å². The van der Waals surface area contributed by atoms with Crippen LogP contribution in [0.5, 0.6) is 0 Å². The van der Waals surface area contributed by atoms with E-state index >= 15 is 0 Å². The maximum Gasteiger partial charge on any atom is 0.202 e. The van der Waals surface area contributed by atoms with Crippen LogP contribution in [0.4, 0.5) is 5.13 Å². The molecule has 0 fully saturated rings. The van der Waals surface area contributed by atoms with Crippen LogP contribution < -0.4 is 5.32 Å². The first-order valence-corrected chi connectivity index (χ1v) is 6.14. The van der Waals surface area contributed by atoms with E-state index in [0.29, 0.717) is 17.8 Å². The molecule has 1 aromatic heterocycles. The molecule has 1 heterocycles. The van der Waals surface area contributed by atoms with Crippen molar-refractivity contribution in [2.24, 2.45) is 0 Å². The van der Waals surface area contributed by atoms with Gasteiger partial charge < -0.3 is 5.32 Å². The second kappa shape index (κ2) is 5.51. The Hall–Kier alpha value is -0.350. The molecule has 3 nitrogen and oxygen atoms in total. The van der Waals surface area contributed by atoms with E-state index in [4.69, 9.17) is 11.6 Å². The summed E-state index contributed by atoms with van der Waals surface area (Å²) in [6, 6.07) is 0.296. The number of hydrogen-bond acceptors (Lipinski definition) is 4. The van der Waals surface area contributed by atoms with Gasteiger partial charge in [0.25, 0.3) is 0 Å². The Morgan fingerprint density at radius 2 is 2.21 bits per heavy atom. The largest absolute Gasteiger partial charge is 0.356 e. The Labute approximate surface area is 94.1 Å². The molecule has 0 aromatic carbocycles. The number of nitrogens with zero attached hydrogens (tertiary/aromatic N) is 2. The first-order valence-electron chi connectivity index (χ1n) is 4.83. The van der Waals surface area contributed by atoms with E-state index in [1.807, 2.05) is 0 Å². The van der Waals surface area contributed by atoms with E-state index in [9.17, 15) is 0 Å². The summed E-state index contributed by atoms with van der Waals surface area (Å²) in [4.78, 5) is 4.38. The van der Waals surface area contributed by atoms with Crippen LogP contribution in [0.25, 0.3) is 0 Å². The number of nitrogens with one attached hydrogen (secondary N) is 1. The molecule has 1 rings (SSSR count). The first kappa shape index (κ1) is 11.7. The minimum Gasteiger partial charge on any atom is -0.356 e. The third-order valence-electron chi connectivity index (χ3n) is 1.96. The van der Waals surface area contributed by atoms with Crippen molar-refractivity contribution in [2.75, 3.05) is 11.2 Å². The highest BCUT2D eigenvalue weighted by atomic mass is 35.5. The van der Waals surface area contributed by atoms with Gasteiger partial charge in [-0.3, -0.25) is 0 Å². The Kier molecular flexibility index (Phi) is 4.62. The topological polar surface area (TPSA) is 37.8 Å². The van der Waals surface area contributed by atoms with Crippen molar-refractivity contribution < 1.29 is 0 Å². The summed E-state index contributed by atoms with van der Waals surface area (Å²) in [7, 11) is 0. The number of alkyl halides is 1. The van der Waals surface area contributed by atoms with Gasteiger partial charge in [0, 0.05) is 29.4 Å². The van der Waals surface area contributed by atoms with Gasteiger partial charge in [-0.15, -0.1) is 11.6 Å². The standard InChI is InChI=1S/C9H16ClN3S/c1-4-7(5-10)11-9-12-8(6(2)3)13-14-9/h6-7H,4-5H2,1-3H3,(H,11,12,13). The lowest BCUT2D eigenvalue weighted by molar-refractivity contribution is 0.761. The highest BCUT2D eigenvalue weighted by Crippen LogP contribution is 2.18. The molecule has 1 aromatic rings. The average molecular weight is 234 g/mol. The molecule has 0 bridgehead atoms. The predicted octanol–water partition coefficient (Wildman–Crippen LogP) is 3.09. The van der Waals surface area contributed by atoms with Crippen LogP contribution in [0.1, 0.15) is 38.9 Å². The van der Waals surface area contributed by atoms with Crippen LogP contribution in [0.3, 0.4) is 0 Å². The van der Waals surface area contributed by atoms with E-state index in [0.717, 1.165) is 17.4 Å². The molecule has 0 radical (unpaired) electrons. The van der Waals surface area contributed by atoms with Crippen LogP contribution in [0, 0.1) is 0 Å². The zero-order valence-corrected chi connectivity index (χ0v) is 10.3. The zero-order valence-electron chi connectivity index (χ0n) is 8.75. The number of hydrogen-bond donors (Lipinski definition) is 1. The summed E-state index contributed by atoms with van der Waals surface area (Å²) in [5, 5.41) is 4.14. The molecule has 0 aliphatic rings. The molecule has 1 N–H and O–H groups in total. The summed E-state index contributed by atoms with van der Waals surface area (Å²) >= 11 is 7.19. The maximum atomic E-state index is 5.78. The summed E-state index contributed by atoms with van der Waals surface area (Å²) in [6.45, 7) is 6.28. The third kappa shape index (κ3) is 3.10. The summed E-state index contributed by atoms with van der Waals surface area (Å²) in [5.74, 6) is 1.90. The molecule has 1 unspecified atom stereocenters. The molecule has 0 amide bonds. The van der Waals surface area contributed by atoms with Gasteiger partial charge in [-0.2, -0.15) is 4.37 Å². The average Bonchev–Trinajstić information content (AvgIpc) is 2.62. The SMILES string of the molecule is CCC(CCl)Nc1nc(C(C)C)ns1. The van der Waals surface area contributed by atoms with Crippen molar-refractivity contribution in [2.45, 2.75) is 39.2 Å². The molecular weight excluding hydrogens is 218 g/mol. The number of anilines is 1. The lowest BCUT2D eigenvalue weighted by Crippen LogP contribution is -2.19. The van der Waals surface area contributed by atoms with Crippen LogP contribution in [-0.2, 0) is 0 Å². The molecule has 80 valence electrons. The normalized spacial score (nSPS) is 13.2. The first-order chi connectivity index (χ1) is 6.67. The minimum atomic E-state index is 0.296. The summed E-state index contributed by atoms with van der Waals surface area (Å²) in [6.07, 6.45) is 1.00. The van der Waals surface area contributed by atoms with Crippen LogP contribution >= 0.6 is 23.1 Å².